The Morgan fingerprint density at radius 1 is 1.71 bits per heavy atom. The van der Waals surface area contributed by atoms with Gasteiger partial charge in [0.1, 0.15) is 11.9 Å². The summed E-state index contributed by atoms with van der Waals surface area (Å²) in [6.45, 7) is 1.82. The van der Waals surface area contributed by atoms with Crippen LogP contribution in [-0.2, 0) is 9.53 Å². The van der Waals surface area contributed by atoms with Crippen LogP contribution in [0.1, 0.15) is 19.0 Å². The largest absolute Gasteiger partial charge is 0.469 e. The molecular formula is C11H14N4O2. The molecule has 0 amide bonds. The van der Waals surface area contributed by atoms with Gasteiger partial charge < -0.3 is 15.8 Å². The molecule has 90 valence electrons. The number of carbonyl (C=O) groups excluding carboxylic acids is 1. The number of nitriles is 1. The van der Waals surface area contributed by atoms with Crippen LogP contribution in [0.4, 0.5) is 11.5 Å². The van der Waals surface area contributed by atoms with E-state index in [1.807, 2.05) is 13.0 Å². The highest BCUT2D eigenvalue weighted by Crippen LogP contribution is 2.13. The second-order valence-corrected chi connectivity index (χ2v) is 3.57. The van der Waals surface area contributed by atoms with Gasteiger partial charge in [0.15, 0.2) is 5.69 Å². The monoisotopic (exact) mass is 234 g/mol. The number of ether oxygens (including phenoxy) is 1. The van der Waals surface area contributed by atoms with Crippen LogP contribution in [0, 0.1) is 11.3 Å². The SMILES string of the molecule is COC(=O)CC(C)Nc1ccc(N)c(C#N)n1. The number of nitrogens with two attached hydrogens (primary N) is 1. The highest BCUT2D eigenvalue weighted by atomic mass is 16.5. The lowest BCUT2D eigenvalue weighted by Crippen LogP contribution is -2.21. The van der Waals surface area contributed by atoms with Crippen LogP contribution >= 0.6 is 0 Å². The third-order valence-electron chi connectivity index (χ3n) is 2.13. The van der Waals surface area contributed by atoms with E-state index in [-0.39, 0.29) is 24.1 Å². The standard InChI is InChI=1S/C11H14N4O2/c1-7(5-11(16)17-2)14-10-4-3-8(13)9(6-12)15-10/h3-4,7H,5,13H2,1-2H3,(H,14,15). The normalized spacial score (nSPS) is 11.4. The van der Waals surface area contributed by atoms with Gasteiger partial charge in [0.2, 0.25) is 0 Å². The molecule has 0 radical (unpaired) electrons. The van der Waals surface area contributed by atoms with Crippen molar-refractivity contribution in [3.05, 3.63) is 17.8 Å². The Balaban J connectivity index is 2.69. The van der Waals surface area contributed by atoms with Crippen LogP contribution < -0.4 is 11.1 Å². The van der Waals surface area contributed by atoms with Crippen molar-refractivity contribution in [2.45, 2.75) is 19.4 Å². The molecule has 6 nitrogen and oxygen atoms in total. The lowest BCUT2D eigenvalue weighted by Gasteiger charge is -2.13. The van der Waals surface area contributed by atoms with E-state index in [0.717, 1.165) is 0 Å². The summed E-state index contributed by atoms with van der Waals surface area (Å²) in [4.78, 5) is 15.0. The maximum atomic E-state index is 11.0. The maximum absolute atomic E-state index is 11.0. The van der Waals surface area contributed by atoms with Crippen LogP contribution in [0.5, 0.6) is 0 Å². The Labute approximate surface area is 99.4 Å². The van der Waals surface area contributed by atoms with Crippen molar-refractivity contribution in [1.82, 2.24) is 4.98 Å². The molecule has 17 heavy (non-hydrogen) atoms. The van der Waals surface area contributed by atoms with Gasteiger partial charge in [-0.05, 0) is 19.1 Å². The zero-order valence-electron chi connectivity index (χ0n) is 9.73. The Morgan fingerprint density at radius 3 is 3.00 bits per heavy atom. The number of methoxy groups -OCH3 is 1. The summed E-state index contributed by atoms with van der Waals surface area (Å²) in [7, 11) is 1.34. The van der Waals surface area contributed by atoms with Crippen LogP contribution in [-0.4, -0.2) is 24.1 Å². The average Bonchev–Trinajstić information content (AvgIpc) is 2.31. The van der Waals surface area contributed by atoms with E-state index < -0.39 is 0 Å². The summed E-state index contributed by atoms with van der Waals surface area (Å²) in [6.07, 6.45) is 0.227. The number of nitrogens with one attached hydrogen (secondary N) is 1. The van der Waals surface area contributed by atoms with Gasteiger partial charge in [0, 0.05) is 6.04 Å². The number of anilines is 2. The van der Waals surface area contributed by atoms with Crippen LogP contribution in [0.2, 0.25) is 0 Å². The Bertz CT molecular complexity index is 453. The van der Waals surface area contributed by atoms with E-state index in [4.69, 9.17) is 11.0 Å². The molecule has 0 aliphatic carbocycles. The van der Waals surface area contributed by atoms with E-state index in [1.54, 1.807) is 12.1 Å². The van der Waals surface area contributed by atoms with E-state index in [0.29, 0.717) is 11.5 Å². The van der Waals surface area contributed by atoms with E-state index in [9.17, 15) is 4.79 Å². The Morgan fingerprint density at radius 2 is 2.41 bits per heavy atom. The number of hydrogen-bond donors (Lipinski definition) is 2. The summed E-state index contributed by atoms with van der Waals surface area (Å²) >= 11 is 0. The first-order chi connectivity index (χ1) is 8.06. The lowest BCUT2D eigenvalue weighted by atomic mass is 10.2. The fourth-order valence-corrected chi connectivity index (χ4v) is 1.28. The molecule has 0 saturated heterocycles. The smallest absolute Gasteiger partial charge is 0.307 e. The van der Waals surface area contributed by atoms with Crippen LogP contribution in [0.3, 0.4) is 0 Å². The molecule has 1 heterocycles. The topological polar surface area (TPSA) is 101 Å². The zero-order valence-corrected chi connectivity index (χ0v) is 9.73. The van der Waals surface area contributed by atoms with Crippen LogP contribution in [0.25, 0.3) is 0 Å². The number of esters is 1. The van der Waals surface area contributed by atoms with Gasteiger partial charge in [-0.3, -0.25) is 4.79 Å². The summed E-state index contributed by atoms with van der Waals surface area (Å²) in [5.74, 6) is 0.202. The molecule has 1 aromatic rings. The molecule has 0 aromatic carbocycles. The second-order valence-electron chi connectivity index (χ2n) is 3.57. The molecule has 1 rings (SSSR count). The van der Waals surface area contributed by atoms with Crippen molar-refractivity contribution in [2.24, 2.45) is 0 Å². The predicted molar refractivity (Wildman–Crippen MR) is 63.1 cm³/mol. The number of nitrogen functional groups attached to an aromatic ring is 1. The van der Waals surface area contributed by atoms with Crippen molar-refractivity contribution in [3.63, 3.8) is 0 Å². The minimum Gasteiger partial charge on any atom is -0.469 e. The third-order valence-corrected chi connectivity index (χ3v) is 2.13. The average molecular weight is 234 g/mol. The number of nitrogens with zero attached hydrogens (tertiary/aromatic N) is 2. The maximum Gasteiger partial charge on any atom is 0.307 e. The third kappa shape index (κ3) is 3.65. The molecule has 0 spiro atoms. The number of carbonyl (C=O) groups is 1. The molecule has 6 heteroatoms. The molecule has 0 aliphatic rings. The Hall–Kier alpha value is -2.29. The lowest BCUT2D eigenvalue weighted by molar-refractivity contribution is -0.140. The number of aromatic nitrogens is 1. The quantitative estimate of drug-likeness (QED) is 0.750. The summed E-state index contributed by atoms with van der Waals surface area (Å²) < 4.78 is 4.55. The molecule has 1 aromatic heterocycles. The van der Waals surface area contributed by atoms with E-state index in [1.165, 1.54) is 7.11 Å². The highest BCUT2D eigenvalue weighted by molar-refractivity contribution is 5.70. The molecule has 1 atom stereocenters. The molecule has 0 bridgehead atoms. The molecule has 0 saturated carbocycles. The minimum absolute atomic E-state index is 0.134. The molecular weight excluding hydrogens is 220 g/mol. The minimum atomic E-state index is -0.305. The summed E-state index contributed by atoms with van der Waals surface area (Å²) in [6, 6.07) is 5.01. The van der Waals surface area contributed by atoms with Gasteiger partial charge in [0.05, 0.1) is 19.2 Å². The second kappa shape index (κ2) is 5.70. The number of hydrogen-bond acceptors (Lipinski definition) is 6. The fraction of sp³-hybridized carbons (Fsp3) is 0.364. The van der Waals surface area contributed by atoms with Gasteiger partial charge in [-0.1, -0.05) is 0 Å². The fourth-order valence-electron chi connectivity index (χ4n) is 1.28. The van der Waals surface area contributed by atoms with Crippen molar-refractivity contribution >= 4 is 17.5 Å². The van der Waals surface area contributed by atoms with Crippen molar-refractivity contribution < 1.29 is 9.53 Å². The van der Waals surface area contributed by atoms with Gasteiger partial charge >= 0.3 is 5.97 Å². The first kappa shape index (κ1) is 12.8. The van der Waals surface area contributed by atoms with Gasteiger partial charge in [-0.2, -0.15) is 5.26 Å². The highest BCUT2D eigenvalue weighted by Gasteiger charge is 2.10. The van der Waals surface area contributed by atoms with Crippen LogP contribution in [0.15, 0.2) is 12.1 Å². The molecule has 0 fully saturated rings. The first-order valence-electron chi connectivity index (χ1n) is 5.06. The van der Waals surface area contributed by atoms with Crippen molar-refractivity contribution in [3.8, 4) is 6.07 Å². The van der Waals surface area contributed by atoms with E-state index >= 15 is 0 Å². The summed E-state index contributed by atoms with van der Waals surface area (Å²) in [5, 5.41) is 11.8. The van der Waals surface area contributed by atoms with E-state index in [2.05, 4.69) is 15.0 Å². The van der Waals surface area contributed by atoms with Crippen molar-refractivity contribution in [2.75, 3.05) is 18.2 Å². The van der Waals surface area contributed by atoms with Gasteiger partial charge in [0.25, 0.3) is 0 Å². The van der Waals surface area contributed by atoms with Gasteiger partial charge in [-0.25, -0.2) is 4.98 Å². The number of rotatable bonds is 4. The molecule has 0 aliphatic heterocycles. The zero-order chi connectivity index (χ0) is 12.8. The molecule has 3 N–H and O–H groups in total. The Kier molecular flexibility index (Phi) is 4.29. The first-order valence-corrected chi connectivity index (χ1v) is 5.06. The molecule has 1 unspecified atom stereocenters. The van der Waals surface area contributed by atoms with Crippen molar-refractivity contribution in [1.29, 1.82) is 5.26 Å². The van der Waals surface area contributed by atoms with Gasteiger partial charge in [-0.15, -0.1) is 0 Å². The number of pyridine rings is 1. The summed E-state index contributed by atoms with van der Waals surface area (Å²) in [5.41, 5.74) is 6.05. The predicted octanol–water partition coefficient (Wildman–Crippen LogP) is 0.899.